The molecule has 1 aliphatic heterocycles. The fraction of sp³-hybridized carbons (Fsp3) is 0.727. The van der Waals surface area contributed by atoms with Crippen LogP contribution in [0, 0.1) is 0 Å². The number of esters is 1. The first-order valence-electron chi connectivity index (χ1n) is 5.11. The summed E-state index contributed by atoms with van der Waals surface area (Å²) in [5.41, 5.74) is -0.348. The van der Waals surface area contributed by atoms with E-state index in [0.717, 1.165) is 0 Å². The first kappa shape index (κ1) is 12.2. The molecular weight excluding hydrogens is 196 g/mol. The molecule has 0 aliphatic carbocycles. The minimum Gasteiger partial charge on any atom is -0.451 e. The van der Waals surface area contributed by atoms with Crippen molar-refractivity contribution in [3.63, 3.8) is 0 Å². The number of carbonyl (C=O) groups excluding carboxylic acids is 1. The van der Waals surface area contributed by atoms with Gasteiger partial charge < -0.3 is 14.2 Å². The summed E-state index contributed by atoms with van der Waals surface area (Å²) < 4.78 is 16.1. The molecule has 4 nitrogen and oxygen atoms in total. The molecule has 1 unspecified atom stereocenters. The van der Waals surface area contributed by atoms with E-state index >= 15 is 0 Å². The largest absolute Gasteiger partial charge is 0.451 e. The van der Waals surface area contributed by atoms with E-state index in [0.29, 0.717) is 25.2 Å². The summed E-state index contributed by atoms with van der Waals surface area (Å²) in [4.78, 5) is 11.4. The van der Waals surface area contributed by atoms with E-state index in [1.165, 1.54) is 0 Å². The Morgan fingerprint density at radius 2 is 2.07 bits per heavy atom. The lowest BCUT2D eigenvalue weighted by Gasteiger charge is -2.32. The molecule has 1 heterocycles. The van der Waals surface area contributed by atoms with Crippen LogP contribution in [0.15, 0.2) is 12.2 Å². The van der Waals surface area contributed by atoms with Crippen LogP contribution in [0.3, 0.4) is 0 Å². The van der Waals surface area contributed by atoms with Crippen molar-refractivity contribution in [2.24, 2.45) is 0 Å². The SMILES string of the molecule is C=C(C)C(=O)OC(C)(CC)C1OCCO1. The average Bonchev–Trinajstić information content (AvgIpc) is 2.70. The van der Waals surface area contributed by atoms with Crippen LogP contribution >= 0.6 is 0 Å². The molecule has 1 saturated heterocycles. The second kappa shape index (κ2) is 4.77. The smallest absolute Gasteiger partial charge is 0.333 e. The number of hydrogen-bond donors (Lipinski definition) is 0. The second-order valence-corrected chi connectivity index (χ2v) is 3.91. The Bertz CT molecular complexity index is 255. The van der Waals surface area contributed by atoms with Crippen molar-refractivity contribution in [2.75, 3.05) is 13.2 Å². The normalized spacial score (nSPS) is 21.0. The third-order valence-corrected chi connectivity index (χ3v) is 2.50. The summed E-state index contributed by atoms with van der Waals surface area (Å²) in [5, 5.41) is 0. The van der Waals surface area contributed by atoms with Crippen LogP contribution in [-0.4, -0.2) is 31.1 Å². The summed E-state index contributed by atoms with van der Waals surface area (Å²) in [6, 6.07) is 0. The van der Waals surface area contributed by atoms with Crippen LogP contribution in [0.5, 0.6) is 0 Å². The van der Waals surface area contributed by atoms with Crippen molar-refractivity contribution in [1.82, 2.24) is 0 Å². The Morgan fingerprint density at radius 1 is 1.53 bits per heavy atom. The maximum Gasteiger partial charge on any atom is 0.333 e. The van der Waals surface area contributed by atoms with Gasteiger partial charge >= 0.3 is 5.97 Å². The minimum atomic E-state index is -0.730. The molecule has 0 bridgehead atoms. The second-order valence-electron chi connectivity index (χ2n) is 3.91. The fourth-order valence-electron chi connectivity index (χ4n) is 1.30. The predicted octanol–water partition coefficient (Wildman–Crippen LogP) is 1.65. The van der Waals surface area contributed by atoms with Gasteiger partial charge in [-0.2, -0.15) is 0 Å². The van der Waals surface area contributed by atoms with Crippen LogP contribution in [0.2, 0.25) is 0 Å². The Kier molecular flexibility index (Phi) is 3.88. The molecule has 0 amide bonds. The number of rotatable bonds is 4. The van der Waals surface area contributed by atoms with E-state index in [-0.39, 0.29) is 0 Å². The minimum absolute atomic E-state index is 0.382. The van der Waals surface area contributed by atoms with E-state index in [4.69, 9.17) is 14.2 Å². The third kappa shape index (κ3) is 2.79. The highest BCUT2D eigenvalue weighted by Crippen LogP contribution is 2.27. The topological polar surface area (TPSA) is 44.8 Å². The molecule has 0 spiro atoms. The fourth-order valence-corrected chi connectivity index (χ4v) is 1.30. The van der Waals surface area contributed by atoms with Crippen molar-refractivity contribution < 1.29 is 19.0 Å². The van der Waals surface area contributed by atoms with Gasteiger partial charge in [0.05, 0.1) is 13.2 Å². The lowest BCUT2D eigenvalue weighted by molar-refractivity contribution is -0.202. The van der Waals surface area contributed by atoms with Gasteiger partial charge in [-0.1, -0.05) is 13.5 Å². The number of hydrogen-bond acceptors (Lipinski definition) is 4. The summed E-state index contributed by atoms with van der Waals surface area (Å²) in [7, 11) is 0. The maximum absolute atomic E-state index is 11.4. The average molecular weight is 214 g/mol. The van der Waals surface area contributed by atoms with Gasteiger partial charge in [-0.15, -0.1) is 0 Å². The quantitative estimate of drug-likeness (QED) is 0.527. The van der Waals surface area contributed by atoms with Crippen LogP contribution in [0.25, 0.3) is 0 Å². The first-order chi connectivity index (χ1) is 6.99. The van der Waals surface area contributed by atoms with Crippen molar-refractivity contribution >= 4 is 5.97 Å². The van der Waals surface area contributed by atoms with Gasteiger partial charge in [0.2, 0.25) is 0 Å². The molecule has 0 aromatic heterocycles. The molecule has 0 aromatic rings. The summed E-state index contributed by atoms with van der Waals surface area (Å²) in [5.74, 6) is -0.404. The zero-order chi connectivity index (χ0) is 11.5. The van der Waals surface area contributed by atoms with Crippen LogP contribution in [0.1, 0.15) is 27.2 Å². The zero-order valence-corrected chi connectivity index (χ0v) is 9.54. The van der Waals surface area contributed by atoms with E-state index in [2.05, 4.69) is 6.58 Å². The lowest BCUT2D eigenvalue weighted by Crippen LogP contribution is -2.44. The van der Waals surface area contributed by atoms with Gasteiger partial charge in [0.1, 0.15) is 0 Å². The molecule has 86 valence electrons. The molecule has 1 aliphatic rings. The Morgan fingerprint density at radius 3 is 2.47 bits per heavy atom. The number of carbonyl (C=O) groups is 1. The van der Waals surface area contributed by atoms with Crippen LogP contribution in [-0.2, 0) is 19.0 Å². The summed E-state index contributed by atoms with van der Waals surface area (Å²) >= 11 is 0. The van der Waals surface area contributed by atoms with Gasteiger partial charge in [0.25, 0.3) is 0 Å². The highest BCUT2D eigenvalue weighted by Gasteiger charge is 2.40. The van der Waals surface area contributed by atoms with Crippen LogP contribution < -0.4 is 0 Å². The van der Waals surface area contributed by atoms with Crippen LogP contribution in [0.4, 0.5) is 0 Å². The van der Waals surface area contributed by atoms with Crippen molar-refractivity contribution in [3.05, 3.63) is 12.2 Å². The maximum atomic E-state index is 11.4. The van der Waals surface area contributed by atoms with Crippen molar-refractivity contribution in [3.8, 4) is 0 Å². The molecule has 0 aromatic carbocycles. The number of ether oxygens (including phenoxy) is 3. The van der Waals surface area contributed by atoms with Gasteiger partial charge in [0, 0.05) is 5.57 Å². The van der Waals surface area contributed by atoms with Gasteiger partial charge in [0.15, 0.2) is 11.9 Å². The molecule has 15 heavy (non-hydrogen) atoms. The Balaban J connectivity index is 2.66. The third-order valence-electron chi connectivity index (χ3n) is 2.50. The monoisotopic (exact) mass is 214 g/mol. The van der Waals surface area contributed by atoms with Crippen molar-refractivity contribution in [1.29, 1.82) is 0 Å². The highest BCUT2D eigenvalue weighted by molar-refractivity contribution is 5.87. The lowest BCUT2D eigenvalue weighted by atomic mass is 10.0. The summed E-state index contributed by atoms with van der Waals surface area (Å²) in [6.45, 7) is 9.99. The Labute approximate surface area is 90.2 Å². The Hall–Kier alpha value is -0.870. The van der Waals surface area contributed by atoms with E-state index in [1.54, 1.807) is 6.92 Å². The standard InChI is InChI=1S/C11H18O4/c1-5-11(4,10-13-6-7-14-10)15-9(12)8(2)3/h10H,2,5-7H2,1,3-4H3. The predicted molar refractivity (Wildman–Crippen MR) is 55.3 cm³/mol. The zero-order valence-electron chi connectivity index (χ0n) is 9.54. The molecule has 4 heteroatoms. The molecule has 0 saturated carbocycles. The molecule has 1 atom stereocenters. The molecular formula is C11H18O4. The van der Waals surface area contributed by atoms with Gasteiger partial charge in [-0.25, -0.2) is 4.79 Å². The van der Waals surface area contributed by atoms with Crippen molar-refractivity contribution in [2.45, 2.75) is 39.1 Å². The highest BCUT2D eigenvalue weighted by atomic mass is 16.7. The van der Waals surface area contributed by atoms with Gasteiger partial charge in [-0.3, -0.25) is 0 Å². The van der Waals surface area contributed by atoms with E-state index in [1.807, 2.05) is 13.8 Å². The molecule has 0 N–H and O–H groups in total. The van der Waals surface area contributed by atoms with E-state index in [9.17, 15) is 4.79 Å². The molecule has 1 rings (SSSR count). The van der Waals surface area contributed by atoms with E-state index < -0.39 is 17.9 Å². The first-order valence-corrected chi connectivity index (χ1v) is 5.11. The summed E-state index contributed by atoms with van der Waals surface area (Å²) in [6.07, 6.45) is 0.169. The molecule has 1 fully saturated rings. The molecule has 0 radical (unpaired) electrons. The van der Waals surface area contributed by atoms with Gasteiger partial charge in [-0.05, 0) is 20.3 Å².